The van der Waals surface area contributed by atoms with E-state index in [1.807, 2.05) is 0 Å². The fraction of sp³-hybridized carbons (Fsp3) is 0. The van der Waals surface area contributed by atoms with Crippen LogP contribution in [0.15, 0.2) is 0 Å². The SMILES string of the molecule is [InH]=[Te].[InH]=[Te].[TeH2]. The molecule has 0 aliphatic heterocycles. The normalized spacial score (nSPS) is 1.20. The second-order valence-corrected chi connectivity index (χ2v) is 0. The fourth-order valence-electron chi connectivity index (χ4n) is 0. The summed E-state index contributed by atoms with van der Waals surface area (Å²) in [5.74, 6) is 0. The first-order chi connectivity index (χ1) is 2.00. The van der Waals surface area contributed by atoms with Crippen LogP contribution in [0.1, 0.15) is 0 Å². The molecule has 28 valence electrons. The minimum absolute atomic E-state index is 0. The quantitative estimate of drug-likeness (QED) is 0.256. The van der Waals surface area contributed by atoms with Crippen molar-refractivity contribution < 1.29 is 0 Å². The Morgan fingerprint density at radius 3 is 0.800 bits per heavy atom. The molecule has 0 radical (unpaired) electrons. The van der Waals surface area contributed by atoms with E-state index in [4.69, 9.17) is 0 Å². The average molecular weight is 616 g/mol. The van der Waals surface area contributed by atoms with Crippen molar-refractivity contribution in [3.8, 4) is 0 Å². The van der Waals surface area contributed by atoms with Crippen LogP contribution in [0.5, 0.6) is 0 Å². The monoisotopic (exact) mass is 624 g/mol. The van der Waals surface area contributed by atoms with E-state index in [1.54, 1.807) is 0 Å². The zero-order valence-corrected chi connectivity index (χ0v) is 18.3. The van der Waals surface area contributed by atoms with Crippen LogP contribution in [-0.4, -0.2) is 97.4 Å². The second-order valence-electron chi connectivity index (χ2n) is 0. The van der Waals surface area contributed by atoms with Crippen molar-refractivity contribution in [3.05, 3.63) is 0 Å². The summed E-state index contributed by atoms with van der Waals surface area (Å²) in [6, 6.07) is 0. The molecule has 0 amide bonds. The number of hydrogen-bond acceptors (Lipinski definition) is 0. The first-order valence-corrected chi connectivity index (χ1v) is 26.0. The van der Waals surface area contributed by atoms with Crippen LogP contribution in [0, 0.1) is 0 Å². The Balaban J connectivity index is -0.0000000133. The molecule has 0 fully saturated rings. The molecular formula is H4In2Te3. The Kier molecular flexibility index (Phi) is 77.9. The second kappa shape index (κ2) is 24.3. The molecule has 0 saturated heterocycles. The van der Waals surface area contributed by atoms with Gasteiger partial charge in [0.25, 0.3) is 0 Å². The van der Waals surface area contributed by atoms with Gasteiger partial charge in [-0.15, -0.1) is 0 Å². The third kappa shape index (κ3) is 17.9. The van der Waals surface area contributed by atoms with E-state index in [9.17, 15) is 0 Å². The summed E-state index contributed by atoms with van der Waals surface area (Å²) in [5, 5.41) is 0. The summed E-state index contributed by atoms with van der Waals surface area (Å²) < 4.78 is 0. The third-order valence-electron chi connectivity index (χ3n) is 0. The molecule has 0 heterocycles. The molecule has 0 atom stereocenters. The van der Waals surface area contributed by atoms with Gasteiger partial charge < -0.3 is 0 Å². The van der Waals surface area contributed by atoms with E-state index in [2.05, 4.69) is 34.5 Å². The molecule has 5 heavy (non-hydrogen) atoms. The molecular weight excluding hydrogens is 612 g/mol. The van der Waals surface area contributed by atoms with Gasteiger partial charge in [0, 0.05) is 0 Å². The van der Waals surface area contributed by atoms with Gasteiger partial charge in [-0.05, 0) is 0 Å². The van der Waals surface area contributed by atoms with Crippen LogP contribution in [-0.2, 0) is 0 Å². The Labute approximate surface area is 94.5 Å². The maximum atomic E-state index is 2.12. The molecule has 0 aromatic heterocycles. The predicted molar refractivity (Wildman–Crippen MR) is 34.4 cm³/mol. The Morgan fingerprint density at radius 2 is 0.800 bits per heavy atom. The van der Waals surface area contributed by atoms with Gasteiger partial charge >= 0.3 is 97.4 Å². The van der Waals surface area contributed by atoms with Gasteiger partial charge in [0.1, 0.15) is 0 Å². The van der Waals surface area contributed by atoms with E-state index >= 15 is 0 Å². The fourth-order valence-corrected chi connectivity index (χ4v) is 0. The van der Waals surface area contributed by atoms with Gasteiger partial charge in [-0.2, -0.15) is 0 Å². The van der Waals surface area contributed by atoms with Crippen LogP contribution in [0.25, 0.3) is 0 Å². The molecule has 0 spiro atoms. The summed E-state index contributed by atoms with van der Waals surface area (Å²) in [5.41, 5.74) is 0. The third-order valence-corrected chi connectivity index (χ3v) is 0. The van der Waals surface area contributed by atoms with Crippen molar-refractivity contribution in [2.75, 3.05) is 0 Å². The van der Waals surface area contributed by atoms with Gasteiger partial charge in [-0.1, -0.05) is 0 Å². The summed E-state index contributed by atoms with van der Waals surface area (Å²) in [7, 11) is 0. The van der Waals surface area contributed by atoms with Crippen LogP contribution in [0.2, 0.25) is 0 Å². The van der Waals surface area contributed by atoms with Crippen molar-refractivity contribution in [2.45, 2.75) is 0 Å². The molecule has 0 rings (SSSR count). The zero-order valence-electron chi connectivity index (χ0n) is 2.73. The van der Waals surface area contributed by atoms with E-state index in [0.29, 0.717) is 0 Å². The Hall–Kier alpha value is 4.11. The van der Waals surface area contributed by atoms with Crippen LogP contribution < -0.4 is 0 Å². The Morgan fingerprint density at radius 1 is 0.800 bits per heavy atom. The average Bonchev–Trinajstić information content (AvgIpc) is 1.50. The molecule has 0 aliphatic rings. The van der Waals surface area contributed by atoms with Gasteiger partial charge in [0.05, 0.1) is 0 Å². The summed E-state index contributed by atoms with van der Waals surface area (Å²) in [4.78, 5) is 0. The van der Waals surface area contributed by atoms with Crippen molar-refractivity contribution in [1.82, 2.24) is 0 Å². The van der Waals surface area contributed by atoms with Crippen LogP contribution in [0.4, 0.5) is 0 Å². The van der Waals surface area contributed by atoms with Crippen LogP contribution in [0.3, 0.4) is 0 Å². The first-order valence-electron chi connectivity index (χ1n) is 0.577. The molecule has 0 nitrogen and oxygen atoms in total. The zero-order chi connectivity index (χ0) is 4.00. The van der Waals surface area contributed by atoms with Crippen molar-refractivity contribution in [2.24, 2.45) is 0 Å². The standard InChI is InChI=1S/2In.H2Te.2Te.2H/h;;1H2;;;;. The van der Waals surface area contributed by atoms with Gasteiger partial charge in [0.15, 0.2) is 0 Å². The van der Waals surface area contributed by atoms with Crippen molar-refractivity contribution in [3.63, 3.8) is 0 Å². The maximum absolute atomic E-state index is 2.12. The molecule has 5 heteroatoms. The molecule has 0 aromatic rings. The van der Waals surface area contributed by atoms with E-state index < -0.39 is 0 Å². The summed E-state index contributed by atoms with van der Waals surface area (Å²) >= 11 is 6.56. The molecule has 0 saturated carbocycles. The molecule has 0 aliphatic carbocycles. The predicted octanol–water partition coefficient (Wildman–Crippen LogP) is -2.97. The number of hydrogen-bond donors (Lipinski definition) is 0. The van der Waals surface area contributed by atoms with Gasteiger partial charge in [0.2, 0.25) is 0 Å². The summed E-state index contributed by atoms with van der Waals surface area (Å²) in [6.07, 6.45) is 0. The summed E-state index contributed by atoms with van der Waals surface area (Å²) in [6.45, 7) is 0. The first kappa shape index (κ1) is 16.0. The molecule has 0 unspecified atom stereocenters. The van der Waals surface area contributed by atoms with E-state index in [-0.39, 0.29) is 23.7 Å². The molecule has 0 bridgehead atoms. The molecule has 0 aromatic carbocycles. The van der Waals surface area contributed by atoms with E-state index in [1.165, 1.54) is 0 Å². The van der Waals surface area contributed by atoms with Gasteiger partial charge in [-0.25, -0.2) is 0 Å². The minimum atomic E-state index is 0. The van der Waals surface area contributed by atoms with E-state index in [0.717, 1.165) is 39.3 Å². The Bertz CT molecular complexity index is 6.85. The number of rotatable bonds is 0. The molecule has 0 N–H and O–H groups in total. The van der Waals surface area contributed by atoms with Crippen LogP contribution >= 0.6 is 0 Å². The van der Waals surface area contributed by atoms with Crippen molar-refractivity contribution >= 4 is 97.4 Å². The van der Waals surface area contributed by atoms with Gasteiger partial charge in [-0.3, -0.25) is 0 Å². The topological polar surface area (TPSA) is 0 Å². The van der Waals surface area contributed by atoms with Crippen molar-refractivity contribution in [1.29, 1.82) is 0 Å².